The summed E-state index contributed by atoms with van der Waals surface area (Å²) in [5, 5.41) is 0. The predicted molar refractivity (Wildman–Crippen MR) is 275 cm³/mol. The second kappa shape index (κ2) is 52.4. The Kier molecular flexibility index (Phi) is 51.1. The van der Waals surface area contributed by atoms with Crippen LogP contribution >= 0.6 is 0 Å². The van der Waals surface area contributed by atoms with E-state index in [0.29, 0.717) is 19.3 Å². The summed E-state index contributed by atoms with van der Waals surface area (Å²) in [5.74, 6) is 0.0660. The molecule has 2 atom stereocenters. The SMILES string of the molecule is CCCCCCCCCCCCCCCCCCCC(=O)O[C@H](COC(=O)CCCCCCCCC)COC(=O)CCCCCCCCCCCCCCCCCCCCC(C)CC. The average Bonchev–Trinajstić information content (AvgIpc) is 3.29. The topological polar surface area (TPSA) is 78.9 Å². The van der Waals surface area contributed by atoms with Gasteiger partial charge < -0.3 is 14.2 Å². The van der Waals surface area contributed by atoms with E-state index in [2.05, 4.69) is 27.7 Å². The average molecular weight is 906 g/mol. The molecule has 0 fully saturated rings. The first kappa shape index (κ1) is 62.4. The van der Waals surface area contributed by atoms with Gasteiger partial charge >= 0.3 is 17.9 Å². The maximum absolute atomic E-state index is 12.8. The van der Waals surface area contributed by atoms with Crippen molar-refractivity contribution in [3.8, 4) is 0 Å². The predicted octanol–water partition coefficient (Wildman–Crippen LogP) is 19.0. The first-order chi connectivity index (χ1) is 31.4. The maximum Gasteiger partial charge on any atom is 0.306 e. The Balaban J connectivity index is 4.11. The molecule has 0 amide bonds. The Morgan fingerprint density at radius 2 is 0.547 bits per heavy atom. The second-order valence-corrected chi connectivity index (χ2v) is 20.2. The Morgan fingerprint density at radius 1 is 0.312 bits per heavy atom. The maximum atomic E-state index is 12.8. The Bertz CT molecular complexity index is 966. The number of hydrogen-bond donors (Lipinski definition) is 0. The van der Waals surface area contributed by atoms with E-state index in [1.54, 1.807) is 0 Å². The third-order valence-corrected chi connectivity index (χ3v) is 13.7. The third-order valence-electron chi connectivity index (χ3n) is 13.7. The number of unbranched alkanes of at least 4 members (excludes halogenated alkanes) is 39. The molecule has 0 saturated carbocycles. The highest BCUT2D eigenvalue weighted by molar-refractivity contribution is 5.71. The molecule has 0 saturated heterocycles. The summed E-state index contributed by atoms with van der Waals surface area (Å²) in [6.45, 7) is 9.06. The van der Waals surface area contributed by atoms with E-state index < -0.39 is 6.10 Å². The lowest BCUT2D eigenvalue weighted by Gasteiger charge is -2.18. The standard InChI is InChI=1S/C58H112O6/c1-5-8-10-12-14-15-16-17-18-21-26-29-32-35-39-43-47-51-58(61)64-55(52-62-56(59)49-45-41-36-13-11-9-6-2)53-63-57(60)50-46-42-38-34-31-28-25-23-20-19-22-24-27-30-33-37-40-44-48-54(4)7-3/h54-55H,5-53H2,1-4H3/t54?,55-/m1/s1. The smallest absolute Gasteiger partial charge is 0.306 e. The van der Waals surface area contributed by atoms with E-state index in [9.17, 15) is 14.4 Å². The van der Waals surface area contributed by atoms with Crippen LogP contribution in [0.3, 0.4) is 0 Å². The van der Waals surface area contributed by atoms with Crippen LogP contribution in [0.4, 0.5) is 0 Å². The minimum atomic E-state index is -0.760. The van der Waals surface area contributed by atoms with Crippen LogP contribution in [0.25, 0.3) is 0 Å². The number of rotatable bonds is 53. The van der Waals surface area contributed by atoms with Gasteiger partial charge in [-0.1, -0.05) is 291 Å². The number of hydrogen-bond acceptors (Lipinski definition) is 6. The first-order valence-electron chi connectivity index (χ1n) is 28.9. The van der Waals surface area contributed by atoms with Crippen molar-refractivity contribution in [3.63, 3.8) is 0 Å². The van der Waals surface area contributed by atoms with E-state index >= 15 is 0 Å². The minimum absolute atomic E-state index is 0.0624. The molecule has 0 aliphatic rings. The molecule has 6 heteroatoms. The van der Waals surface area contributed by atoms with Crippen LogP contribution in [-0.2, 0) is 28.6 Å². The van der Waals surface area contributed by atoms with Crippen molar-refractivity contribution in [2.75, 3.05) is 13.2 Å². The van der Waals surface area contributed by atoms with Crippen molar-refractivity contribution in [1.82, 2.24) is 0 Å². The fourth-order valence-corrected chi connectivity index (χ4v) is 8.89. The minimum Gasteiger partial charge on any atom is -0.462 e. The highest BCUT2D eigenvalue weighted by Gasteiger charge is 2.19. The molecule has 0 rings (SSSR count). The first-order valence-corrected chi connectivity index (χ1v) is 28.9. The summed E-state index contributed by atoms with van der Waals surface area (Å²) in [6.07, 6.45) is 56.8. The Labute approximate surface area is 399 Å². The largest absolute Gasteiger partial charge is 0.462 e. The molecule has 0 aromatic carbocycles. The van der Waals surface area contributed by atoms with Gasteiger partial charge in [-0.25, -0.2) is 0 Å². The van der Waals surface area contributed by atoms with Gasteiger partial charge in [0.15, 0.2) is 6.10 Å². The second-order valence-electron chi connectivity index (χ2n) is 20.2. The number of ether oxygens (including phenoxy) is 3. The van der Waals surface area contributed by atoms with Crippen molar-refractivity contribution in [1.29, 1.82) is 0 Å². The van der Waals surface area contributed by atoms with Crippen LogP contribution in [0, 0.1) is 5.92 Å². The summed E-state index contributed by atoms with van der Waals surface area (Å²) >= 11 is 0. The van der Waals surface area contributed by atoms with Crippen molar-refractivity contribution in [3.05, 3.63) is 0 Å². The van der Waals surface area contributed by atoms with E-state index in [0.717, 1.165) is 63.7 Å². The van der Waals surface area contributed by atoms with Crippen molar-refractivity contribution in [2.24, 2.45) is 5.92 Å². The summed E-state index contributed by atoms with van der Waals surface area (Å²) < 4.78 is 16.8. The lowest BCUT2D eigenvalue weighted by atomic mass is 9.99. The molecule has 0 N–H and O–H groups in total. The van der Waals surface area contributed by atoms with Crippen molar-refractivity contribution in [2.45, 2.75) is 336 Å². The molecular formula is C58H112O6. The summed E-state index contributed by atoms with van der Waals surface area (Å²) in [4.78, 5) is 37.9. The molecular weight excluding hydrogens is 793 g/mol. The monoisotopic (exact) mass is 905 g/mol. The highest BCUT2D eigenvalue weighted by Crippen LogP contribution is 2.18. The lowest BCUT2D eigenvalue weighted by molar-refractivity contribution is -0.167. The van der Waals surface area contributed by atoms with Gasteiger partial charge in [0, 0.05) is 19.3 Å². The molecule has 64 heavy (non-hydrogen) atoms. The third kappa shape index (κ3) is 49.8. The fraction of sp³-hybridized carbons (Fsp3) is 0.948. The number of carbonyl (C=O) groups is 3. The van der Waals surface area contributed by atoms with E-state index in [1.807, 2.05) is 0 Å². The Hall–Kier alpha value is -1.59. The van der Waals surface area contributed by atoms with Crippen LogP contribution in [-0.4, -0.2) is 37.2 Å². The van der Waals surface area contributed by atoms with E-state index in [4.69, 9.17) is 14.2 Å². The van der Waals surface area contributed by atoms with E-state index in [1.165, 1.54) is 225 Å². The molecule has 0 aromatic heterocycles. The van der Waals surface area contributed by atoms with Gasteiger partial charge in [-0.3, -0.25) is 14.4 Å². The van der Waals surface area contributed by atoms with Gasteiger partial charge in [0.05, 0.1) is 0 Å². The molecule has 0 aliphatic heterocycles. The molecule has 0 radical (unpaired) electrons. The summed E-state index contributed by atoms with van der Waals surface area (Å²) in [7, 11) is 0. The van der Waals surface area contributed by atoms with Crippen LogP contribution in [0.15, 0.2) is 0 Å². The van der Waals surface area contributed by atoms with Gasteiger partial charge in [0.1, 0.15) is 13.2 Å². The summed E-state index contributed by atoms with van der Waals surface area (Å²) in [6, 6.07) is 0. The molecule has 1 unspecified atom stereocenters. The van der Waals surface area contributed by atoms with Crippen LogP contribution < -0.4 is 0 Å². The molecule has 0 heterocycles. The van der Waals surface area contributed by atoms with Gasteiger partial charge in [-0.2, -0.15) is 0 Å². The van der Waals surface area contributed by atoms with Gasteiger partial charge in [-0.05, 0) is 25.2 Å². The van der Waals surface area contributed by atoms with Crippen LogP contribution in [0.5, 0.6) is 0 Å². The molecule has 0 aliphatic carbocycles. The lowest BCUT2D eigenvalue weighted by Crippen LogP contribution is -2.30. The molecule has 6 nitrogen and oxygen atoms in total. The van der Waals surface area contributed by atoms with Gasteiger partial charge in [0.25, 0.3) is 0 Å². The van der Waals surface area contributed by atoms with Crippen molar-refractivity contribution < 1.29 is 28.6 Å². The fourth-order valence-electron chi connectivity index (χ4n) is 8.89. The molecule has 0 aromatic rings. The van der Waals surface area contributed by atoms with Crippen LogP contribution in [0.2, 0.25) is 0 Å². The van der Waals surface area contributed by atoms with Crippen LogP contribution in [0.1, 0.15) is 329 Å². The number of carbonyl (C=O) groups excluding carboxylic acids is 3. The zero-order chi connectivity index (χ0) is 46.7. The van der Waals surface area contributed by atoms with Gasteiger partial charge in [-0.15, -0.1) is 0 Å². The number of esters is 3. The molecule has 380 valence electrons. The summed E-state index contributed by atoms with van der Waals surface area (Å²) in [5.41, 5.74) is 0. The highest BCUT2D eigenvalue weighted by atomic mass is 16.6. The van der Waals surface area contributed by atoms with Gasteiger partial charge in [0.2, 0.25) is 0 Å². The zero-order valence-corrected chi connectivity index (χ0v) is 43.8. The normalized spacial score (nSPS) is 12.4. The molecule has 0 bridgehead atoms. The van der Waals surface area contributed by atoms with E-state index in [-0.39, 0.29) is 31.1 Å². The van der Waals surface area contributed by atoms with Crippen molar-refractivity contribution >= 4 is 17.9 Å². The molecule has 0 spiro atoms. The Morgan fingerprint density at radius 3 is 0.812 bits per heavy atom. The zero-order valence-electron chi connectivity index (χ0n) is 43.8. The quantitative estimate of drug-likeness (QED) is 0.0344.